The molecule has 2 heterocycles. The lowest BCUT2D eigenvalue weighted by atomic mass is 9.87. The van der Waals surface area contributed by atoms with E-state index in [2.05, 4.69) is 22.8 Å². The molecule has 33 heavy (non-hydrogen) atoms. The number of carbonyl (C=O) groups is 1. The molecule has 0 aliphatic carbocycles. The summed E-state index contributed by atoms with van der Waals surface area (Å²) in [5.41, 5.74) is 5.88. The second kappa shape index (κ2) is 8.60. The Hall–Kier alpha value is -4.43. The first-order valence-corrected chi connectivity index (χ1v) is 10.8. The van der Waals surface area contributed by atoms with Gasteiger partial charge in [0, 0.05) is 23.1 Å². The lowest BCUT2D eigenvalue weighted by molar-refractivity contribution is -0.117. The minimum absolute atomic E-state index is 0.128. The average Bonchev–Trinajstić information content (AvgIpc) is 2.87. The van der Waals surface area contributed by atoms with Gasteiger partial charge >= 0.3 is 0 Å². The Labute approximate surface area is 192 Å². The van der Waals surface area contributed by atoms with E-state index in [0.29, 0.717) is 17.7 Å². The van der Waals surface area contributed by atoms with Gasteiger partial charge < -0.3 is 10.6 Å². The fourth-order valence-corrected chi connectivity index (χ4v) is 4.26. The van der Waals surface area contributed by atoms with Crippen molar-refractivity contribution in [1.29, 1.82) is 5.26 Å². The van der Waals surface area contributed by atoms with E-state index in [-0.39, 0.29) is 11.9 Å². The molecular weight excluding hydrogens is 408 g/mol. The van der Waals surface area contributed by atoms with Crippen molar-refractivity contribution >= 4 is 28.2 Å². The number of fused-ring (bicyclic) bond motifs is 2. The van der Waals surface area contributed by atoms with Gasteiger partial charge in [-0.25, -0.2) is 4.98 Å². The van der Waals surface area contributed by atoms with E-state index in [9.17, 15) is 10.1 Å². The van der Waals surface area contributed by atoms with Gasteiger partial charge in [-0.15, -0.1) is 0 Å². The lowest BCUT2D eigenvalue weighted by Gasteiger charge is -2.30. The summed E-state index contributed by atoms with van der Waals surface area (Å²) in [6, 6.07) is 29.0. The third-order valence-electron chi connectivity index (χ3n) is 6.02. The second-order valence-electron chi connectivity index (χ2n) is 8.10. The quantitative estimate of drug-likeness (QED) is 0.457. The first-order chi connectivity index (χ1) is 16.1. The second-order valence-corrected chi connectivity index (χ2v) is 8.10. The van der Waals surface area contributed by atoms with Crippen molar-refractivity contribution in [3.05, 3.63) is 113 Å². The third kappa shape index (κ3) is 3.95. The van der Waals surface area contributed by atoms with Gasteiger partial charge in [-0.2, -0.15) is 5.26 Å². The van der Waals surface area contributed by atoms with Gasteiger partial charge in [-0.3, -0.25) is 4.79 Å². The third-order valence-corrected chi connectivity index (χ3v) is 6.02. The summed E-state index contributed by atoms with van der Waals surface area (Å²) in [5, 5.41) is 16.8. The number of hydrogen-bond acceptors (Lipinski definition) is 4. The zero-order valence-corrected chi connectivity index (χ0v) is 18.2. The van der Waals surface area contributed by atoms with Gasteiger partial charge in [0.15, 0.2) is 0 Å². The molecule has 0 bridgehead atoms. The van der Waals surface area contributed by atoms with Crippen LogP contribution in [-0.2, 0) is 11.3 Å². The molecule has 2 N–H and O–H groups in total. The predicted octanol–water partition coefficient (Wildman–Crippen LogP) is 5.36. The summed E-state index contributed by atoms with van der Waals surface area (Å²) in [4.78, 5) is 18.3. The van der Waals surface area contributed by atoms with E-state index in [1.54, 1.807) is 12.1 Å². The van der Waals surface area contributed by atoms with Crippen LogP contribution in [0.4, 0.5) is 5.82 Å². The van der Waals surface area contributed by atoms with Crippen molar-refractivity contribution in [1.82, 2.24) is 10.3 Å². The maximum Gasteiger partial charge on any atom is 0.250 e. The Bertz CT molecular complexity index is 1420. The summed E-state index contributed by atoms with van der Waals surface area (Å²) >= 11 is 0. The Morgan fingerprint density at radius 1 is 1.03 bits per heavy atom. The predicted molar refractivity (Wildman–Crippen MR) is 130 cm³/mol. The standard InChI is InChI=1S/C28H22N4O/c1-18-23-15-22-9-5-6-10-24(22)31-27(23)32-26(21-13-11-19(16-29)12-14-21)25(18)28(33)30-17-20-7-3-2-4-8-20/h2-15,26H,17H2,1H3,(H,30,33)(H,31,32). The monoisotopic (exact) mass is 430 g/mol. The topological polar surface area (TPSA) is 77.8 Å². The molecule has 0 saturated carbocycles. The number of benzene rings is 3. The smallest absolute Gasteiger partial charge is 0.250 e. The number of aromatic nitrogens is 1. The van der Waals surface area contributed by atoms with Gasteiger partial charge in [-0.1, -0.05) is 60.7 Å². The maximum absolute atomic E-state index is 13.5. The van der Waals surface area contributed by atoms with Crippen LogP contribution in [0.1, 0.15) is 35.2 Å². The Balaban J connectivity index is 1.58. The number of pyridine rings is 1. The molecule has 0 radical (unpaired) electrons. The Morgan fingerprint density at radius 3 is 2.52 bits per heavy atom. The van der Waals surface area contributed by atoms with E-state index in [0.717, 1.165) is 39.0 Å². The van der Waals surface area contributed by atoms with Crippen molar-refractivity contribution in [3.8, 4) is 6.07 Å². The molecule has 1 amide bonds. The molecule has 1 aliphatic rings. The average molecular weight is 431 g/mol. The van der Waals surface area contributed by atoms with Crippen LogP contribution in [0.2, 0.25) is 0 Å². The maximum atomic E-state index is 13.5. The largest absolute Gasteiger partial charge is 0.358 e. The zero-order chi connectivity index (χ0) is 22.8. The van der Waals surface area contributed by atoms with Gasteiger partial charge in [0.2, 0.25) is 5.91 Å². The summed E-state index contributed by atoms with van der Waals surface area (Å²) in [6.07, 6.45) is 0. The van der Waals surface area contributed by atoms with Crippen molar-refractivity contribution in [3.63, 3.8) is 0 Å². The molecule has 1 atom stereocenters. The number of allylic oxidation sites excluding steroid dienone is 1. The molecule has 5 nitrogen and oxygen atoms in total. The number of amides is 1. The molecule has 1 unspecified atom stereocenters. The molecule has 0 saturated heterocycles. The minimum Gasteiger partial charge on any atom is -0.358 e. The highest BCUT2D eigenvalue weighted by Crippen LogP contribution is 2.40. The SMILES string of the molecule is CC1=C(C(=O)NCc2ccccc2)C(c2ccc(C#N)cc2)Nc2nc3ccccc3cc21. The fraction of sp³-hybridized carbons (Fsp3) is 0.107. The molecule has 4 aromatic rings. The van der Waals surface area contributed by atoms with E-state index in [1.165, 1.54) is 0 Å². The Morgan fingerprint density at radius 2 is 1.76 bits per heavy atom. The Kier molecular flexibility index (Phi) is 5.34. The number of nitriles is 1. The minimum atomic E-state index is -0.380. The van der Waals surface area contributed by atoms with Crippen molar-refractivity contribution in [2.24, 2.45) is 0 Å². The molecule has 1 aromatic heterocycles. The van der Waals surface area contributed by atoms with Crippen LogP contribution in [-0.4, -0.2) is 10.9 Å². The summed E-state index contributed by atoms with van der Waals surface area (Å²) < 4.78 is 0. The summed E-state index contributed by atoms with van der Waals surface area (Å²) in [7, 11) is 0. The van der Waals surface area contributed by atoms with Gasteiger partial charge in [0.05, 0.1) is 23.2 Å². The molecule has 5 rings (SSSR count). The summed E-state index contributed by atoms with van der Waals surface area (Å²) in [5.74, 6) is 0.622. The van der Waals surface area contributed by atoms with E-state index in [4.69, 9.17) is 4.98 Å². The highest BCUT2D eigenvalue weighted by Gasteiger charge is 2.31. The first-order valence-electron chi connectivity index (χ1n) is 10.8. The van der Waals surface area contributed by atoms with Gasteiger partial charge in [-0.05, 0) is 47.9 Å². The van der Waals surface area contributed by atoms with Gasteiger partial charge in [0.1, 0.15) is 5.82 Å². The number of anilines is 1. The van der Waals surface area contributed by atoms with Crippen molar-refractivity contribution < 1.29 is 4.79 Å². The molecule has 160 valence electrons. The van der Waals surface area contributed by atoms with Crippen LogP contribution in [0, 0.1) is 11.3 Å². The molecule has 0 spiro atoms. The van der Waals surface area contributed by atoms with Crippen LogP contribution < -0.4 is 10.6 Å². The lowest BCUT2D eigenvalue weighted by Crippen LogP contribution is -2.32. The van der Waals surface area contributed by atoms with E-state index >= 15 is 0 Å². The number of nitrogens with one attached hydrogen (secondary N) is 2. The van der Waals surface area contributed by atoms with Gasteiger partial charge in [0.25, 0.3) is 0 Å². The molecule has 5 heteroatoms. The van der Waals surface area contributed by atoms with Crippen LogP contribution in [0.3, 0.4) is 0 Å². The van der Waals surface area contributed by atoms with Crippen molar-refractivity contribution in [2.45, 2.75) is 19.5 Å². The van der Waals surface area contributed by atoms with Crippen LogP contribution >= 0.6 is 0 Å². The molecule has 3 aromatic carbocycles. The molecule has 0 fully saturated rings. The first kappa shape index (κ1) is 20.5. The number of para-hydroxylation sites is 1. The normalized spacial score (nSPS) is 14.8. The van der Waals surface area contributed by atoms with E-state index < -0.39 is 0 Å². The number of rotatable bonds is 4. The van der Waals surface area contributed by atoms with E-state index in [1.807, 2.05) is 73.7 Å². The number of nitrogens with zero attached hydrogens (tertiary/aromatic N) is 2. The van der Waals surface area contributed by atoms with Crippen LogP contribution in [0.15, 0.2) is 90.5 Å². The number of hydrogen-bond donors (Lipinski definition) is 2. The highest BCUT2D eigenvalue weighted by atomic mass is 16.1. The highest BCUT2D eigenvalue weighted by molar-refractivity contribution is 6.06. The number of carbonyl (C=O) groups excluding carboxylic acids is 1. The molecular formula is C28H22N4O. The van der Waals surface area contributed by atoms with Crippen molar-refractivity contribution in [2.75, 3.05) is 5.32 Å². The summed E-state index contributed by atoms with van der Waals surface area (Å²) in [6.45, 7) is 2.42. The van der Waals surface area contributed by atoms with Crippen LogP contribution in [0.25, 0.3) is 16.5 Å². The van der Waals surface area contributed by atoms with Crippen LogP contribution in [0.5, 0.6) is 0 Å². The fourth-order valence-electron chi connectivity index (χ4n) is 4.26. The molecule has 1 aliphatic heterocycles. The zero-order valence-electron chi connectivity index (χ0n) is 18.2.